The SMILES string of the molecule is C=CCNS(=O)(=O)c1ccc(C(=O)Nc2cccc(C(=O)c3ccccc3)c2)cc1. The number of nitrogens with one attached hydrogen (secondary N) is 2. The van der Waals surface area contributed by atoms with Crippen molar-refractivity contribution in [1.29, 1.82) is 0 Å². The Bertz CT molecular complexity index is 1170. The maximum Gasteiger partial charge on any atom is 0.255 e. The molecule has 0 unspecified atom stereocenters. The van der Waals surface area contributed by atoms with E-state index in [1.54, 1.807) is 48.5 Å². The Balaban J connectivity index is 1.73. The molecule has 0 atom stereocenters. The minimum absolute atomic E-state index is 0.0522. The van der Waals surface area contributed by atoms with Gasteiger partial charge in [0.1, 0.15) is 0 Å². The fourth-order valence-electron chi connectivity index (χ4n) is 2.74. The van der Waals surface area contributed by atoms with Gasteiger partial charge in [0.2, 0.25) is 10.0 Å². The summed E-state index contributed by atoms with van der Waals surface area (Å²) in [5, 5.41) is 2.73. The van der Waals surface area contributed by atoms with Crippen molar-refractivity contribution in [3.63, 3.8) is 0 Å². The highest BCUT2D eigenvalue weighted by molar-refractivity contribution is 7.89. The van der Waals surface area contributed by atoms with E-state index >= 15 is 0 Å². The zero-order valence-electron chi connectivity index (χ0n) is 16.0. The second-order valence-corrected chi connectivity index (χ2v) is 8.16. The molecule has 0 aliphatic carbocycles. The Labute approximate surface area is 175 Å². The zero-order chi connectivity index (χ0) is 21.6. The molecular formula is C23H20N2O4S. The predicted octanol–water partition coefficient (Wildman–Crippen LogP) is 3.63. The summed E-state index contributed by atoms with van der Waals surface area (Å²) in [6.45, 7) is 3.58. The minimum atomic E-state index is -3.66. The van der Waals surface area contributed by atoms with Crippen LogP contribution in [0.15, 0.2) is 96.4 Å². The van der Waals surface area contributed by atoms with E-state index in [9.17, 15) is 18.0 Å². The number of rotatable bonds is 8. The van der Waals surface area contributed by atoms with Crippen LogP contribution >= 0.6 is 0 Å². The molecule has 1 amide bonds. The van der Waals surface area contributed by atoms with E-state index in [1.165, 1.54) is 30.3 Å². The van der Waals surface area contributed by atoms with Crippen LogP contribution in [0.3, 0.4) is 0 Å². The minimum Gasteiger partial charge on any atom is -0.322 e. The van der Waals surface area contributed by atoms with Crippen LogP contribution in [0.2, 0.25) is 0 Å². The van der Waals surface area contributed by atoms with Crippen molar-refractivity contribution in [3.05, 3.63) is 108 Å². The van der Waals surface area contributed by atoms with Crippen molar-refractivity contribution in [3.8, 4) is 0 Å². The number of anilines is 1. The molecule has 0 radical (unpaired) electrons. The molecule has 30 heavy (non-hydrogen) atoms. The molecule has 7 heteroatoms. The Morgan fingerprint density at radius 3 is 2.17 bits per heavy atom. The third kappa shape index (κ3) is 5.08. The molecule has 0 saturated carbocycles. The molecule has 0 bridgehead atoms. The third-order valence-electron chi connectivity index (χ3n) is 4.26. The molecule has 3 aromatic carbocycles. The number of amides is 1. The van der Waals surface area contributed by atoms with Crippen LogP contribution in [0, 0.1) is 0 Å². The van der Waals surface area contributed by atoms with E-state index in [2.05, 4.69) is 16.6 Å². The largest absolute Gasteiger partial charge is 0.322 e. The van der Waals surface area contributed by atoms with Gasteiger partial charge in [-0.3, -0.25) is 9.59 Å². The number of hydrogen-bond acceptors (Lipinski definition) is 4. The van der Waals surface area contributed by atoms with Gasteiger partial charge in [0, 0.05) is 28.9 Å². The summed E-state index contributed by atoms with van der Waals surface area (Å²) in [6, 6.07) is 21.1. The molecule has 0 saturated heterocycles. The first-order valence-electron chi connectivity index (χ1n) is 9.12. The summed E-state index contributed by atoms with van der Waals surface area (Å²) in [5.41, 5.74) is 1.76. The molecular weight excluding hydrogens is 400 g/mol. The van der Waals surface area contributed by atoms with Crippen LogP contribution < -0.4 is 10.0 Å². The molecule has 0 spiro atoms. The van der Waals surface area contributed by atoms with Crippen molar-refractivity contribution in [2.24, 2.45) is 0 Å². The second-order valence-electron chi connectivity index (χ2n) is 6.40. The predicted molar refractivity (Wildman–Crippen MR) is 116 cm³/mol. The van der Waals surface area contributed by atoms with Gasteiger partial charge >= 0.3 is 0 Å². The van der Waals surface area contributed by atoms with Gasteiger partial charge < -0.3 is 5.32 Å². The number of ketones is 1. The monoisotopic (exact) mass is 420 g/mol. The first kappa shape index (κ1) is 21.2. The number of sulfonamides is 1. The lowest BCUT2D eigenvalue weighted by Crippen LogP contribution is -2.23. The van der Waals surface area contributed by atoms with Gasteiger partial charge in [-0.15, -0.1) is 6.58 Å². The molecule has 0 aliphatic rings. The van der Waals surface area contributed by atoms with Crippen molar-refractivity contribution >= 4 is 27.4 Å². The number of carbonyl (C=O) groups is 2. The van der Waals surface area contributed by atoms with Gasteiger partial charge in [0.25, 0.3) is 5.91 Å². The van der Waals surface area contributed by atoms with Crippen LogP contribution in [0.5, 0.6) is 0 Å². The number of benzene rings is 3. The van der Waals surface area contributed by atoms with E-state index in [0.29, 0.717) is 16.8 Å². The van der Waals surface area contributed by atoms with E-state index in [0.717, 1.165) is 0 Å². The Morgan fingerprint density at radius 1 is 0.833 bits per heavy atom. The van der Waals surface area contributed by atoms with Crippen LogP contribution in [-0.4, -0.2) is 26.7 Å². The summed E-state index contributed by atoms with van der Waals surface area (Å²) in [5.74, 6) is -0.560. The fraction of sp³-hybridized carbons (Fsp3) is 0.0435. The molecule has 0 aromatic heterocycles. The fourth-order valence-corrected chi connectivity index (χ4v) is 3.73. The van der Waals surface area contributed by atoms with Crippen molar-refractivity contribution in [2.45, 2.75) is 4.90 Å². The van der Waals surface area contributed by atoms with Gasteiger partial charge in [0.15, 0.2) is 5.78 Å². The third-order valence-corrected chi connectivity index (χ3v) is 5.70. The van der Waals surface area contributed by atoms with E-state index < -0.39 is 15.9 Å². The molecule has 6 nitrogen and oxygen atoms in total. The molecule has 152 valence electrons. The maximum absolute atomic E-state index is 12.6. The standard InChI is InChI=1S/C23H20N2O4S/c1-2-15-24-30(28,29)21-13-11-18(12-14-21)23(27)25-20-10-6-9-19(16-20)22(26)17-7-4-3-5-8-17/h2-14,16,24H,1,15H2,(H,25,27). The Kier molecular flexibility index (Phi) is 6.56. The van der Waals surface area contributed by atoms with Crippen LogP contribution in [0.4, 0.5) is 5.69 Å². The summed E-state index contributed by atoms with van der Waals surface area (Å²) < 4.78 is 26.5. The maximum atomic E-state index is 12.6. The van der Waals surface area contributed by atoms with Crippen LogP contribution in [0.25, 0.3) is 0 Å². The van der Waals surface area contributed by atoms with Gasteiger partial charge in [-0.25, -0.2) is 13.1 Å². The summed E-state index contributed by atoms with van der Waals surface area (Å²) in [6.07, 6.45) is 1.44. The van der Waals surface area contributed by atoms with Gasteiger partial charge in [-0.05, 0) is 36.4 Å². The Morgan fingerprint density at radius 2 is 1.50 bits per heavy atom. The molecule has 3 rings (SSSR count). The van der Waals surface area contributed by atoms with E-state index in [4.69, 9.17) is 0 Å². The van der Waals surface area contributed by atoms with E-state index in [-0.39, 0.29) is 22.8 Å². The second kappa shape index (κ2) is 9.30. The highest BCUT2D eigenvalue weighted by Crippen LogP contribution is 2.17. The van der Waals surface area contributed by atoms with Crippen molar-refractivity contribution in [2.75, 3.05) is 11.9 Å². The average molecular weight is 420 g/mol. The number of carbonyl (C=O) groups excluding carboxylic acids is 2. The lowest BCUT2D eigenvalue weighted by atomic mass is 10.0. The lowest BCUT2D eigenvalue weighted by molar-refractivity contribution is 0.102. The topological polar surface area (TPSA) is 92.3 Å². The van der Waals surface area contributed by atoms with Gasteiger partial charge in [0.05, 0.1) is 4.90 Å². The summed E-state index contributed by atoms with van der Waals surface area (Å²) >= 11 is 0. The first-order chi connectivity index (χ1) is 14.4. The molecule has 3 aromatic rings. The van der Waals surface area contributed by atoms with Crippen molar-refractivity contribution in [1.82, 2.24) is 4.72 Å². The summed E-state index contributed by atoms with van der Waals surface area (Å²) in [7, 11) is -3.66. The average Bonchev–Trinajstić information content (AvgIpc) is 2.78. The summed E-state index contributed by atoms with van der Waals surface area (Å²) in [4.78, 5) is 25.2. The molecule has 0 fully saturated rings. The molecule has 0 aliphatic heterocycles. The van der Waals surface area contributed by atoms with Crippen LogP contribution in [0.1, 0.15) is 26.3 Å². The van der Waals surface area contributed by atoms with Crippen LogP contribution in [-0.2, 0) is 10.0 Å². The lowest BCUT2D eigenvalue weighted by Gasteiger charge is -2.09. The smallest absolute Gasteiger partial charge is 0.255 e. The Hall–Kier alpha value is -3.55. The number of hydrogen-bond donors (Lipinski definition) is 2. The highest BCUT2D eigenvalue weighted by atomic mass is 32.2. The van der Waals surface area contributed by atoms with E-state index in [1.807, 2.05) is 6.07 Å². The molecule has 0 heterocycles. The highest BCUT2D eigenvalue weighted by Gasteiger charge is 2.15. The molecule has 2 N–H and O–H groups in total. The normalized spacial score (nSPS) is 10.9. The van der Waals surface area contributed by atoms with Crippen molar-refractivity contribution < 1.29 is 18.0 Å². The first-order valence-corrected chi connectivity index (χ1v) is 10.6. The van der Waals surface area contributed by atoms with Gasteiger partial charge in [-0.2, -0.15) is 0 Å². The van der Waals surface area contributed by atoms with Gasteiger partial charge in [-0.1, -0.05) is 48.5 Å². The quantitative estimate of drug-likeness (QED) is 0.430. The zero-order valence-corrected chi connectivity index (χ0v) is 16.9.